The molecular weight excluding hydrogens is 247 g/mol. The number of carbonyl (C=O) groups is 2. The number of carbonyl (C=O) groups excluding carboxylic acids is 1. The molecule has 0 spiro atoms. The molecule has 0 aliphatic carbocycles. The fourth-order valence-corrected chi connectivity index (χ4v) is 1.20. The van der Waals surface area contributed by atoms with Gasteiger partial charge in [0, 0.05) is 6.54 Å². The average molecular weight is 257 g/mol. The summed E-state index contributed by atoms with van der Waals surface area (Å²) in [5, 5.41) is 8.61. The van der Waals surface area contributed by atoms with E-state index in [-0.39, 0.29) is 19.7 Å². The summed E-state index contributed by atoms with van der Waals surface area (Å²) in [5.74, 6) is -1.28. The quantitative estimate of drug-likeness (QED) is 0.778. The second-order valence-corrected chi connectivity index (χ2v) is 3.31. The van der Waals surface area contributed by atoms with Crippen LogP contribution in [-0.2, 0) is 14.3 Å². The van der Waals surface area contributed by atoms with E-state index in [9.17, 15) is 22.8 Å². The first-order valence-electron chi connectivity index (χ1n) is 4.62. The molecule has 1 aliphatic heterocycles. The molecule has 9 heteroatoms. The van der Waals surface area contributed by atoms with Crippen molar-refractivity contribution in [1.82, 2.24) is 4.90 Å². The van der Waals surface area contributed by atoms with E-state index in [0.717, 1.165) is 4.90 Å². The van der Waals surface area contributed by atoms with Gasteiger partial charge in [-0.15, -0.1) is 0 Å². The Hall–Kier alpha value is -1.51. The molecule has 1 amide bonds. The minimum Gasteiger partial charge on any atom is -0.479 e. The first-order valence-corrected chi connectivity index (χ1v) is 4.62. The number of halogens is 3. The van der Waals surface area contributed by atoms with Crippen LogP contribution in [0.3, 0.4) is 0 Å². The van der Waals surface area contributed by atoms with Gasteiger partial charge in [0.2, 0.25) is 0 Å². The fourth-order valence-electron chi connectivity index (χ4n) is 1.20. The minimum absolute atomic E-state index is 0.000467. The minimum atomic E-state index is -4.60. The number of morpholine rings is 1. The zero-order valence-corrected chi connectivity index (χ0v) is 8.57. The Labute approximate surface area is 93.9 Å². The molecule has 0 aromatic rings. The highest BCUT2D eigenvalue weighted by Gasteiger charge is 2.33. The highest BCUT2D eigenvalue weighted by Crippen LogP contribution is 2.15. The molecule has 98 valence electrons. The number of carboxylic acid groups (broad SMARTS) is 1. The second-order valence-electron chi connectivity index (χ2n) is 3.31. The van der Waals surface area contributed by atoms with Crippen molar-refractivity contribution < 1.29 is 37.3 Å². The molecule has 1 aliphatic rings. The van der Waals surface area contributed by atoms with Crippen LogP contribution in [0.15, 0.2) is 0 Å². The van der Waals surface area contributed by atoms with E-state index < -0.39 is 30.9 Å². The number of nitrogens with zero attached hydrogens (tertiary/aromatic N) is 1. The number of amides is 1. The number of ether oxygens (including phenoxy) is 2. The molecule has 1 fully saturated rings. The summed E-state index contributed by atoms with van der Waals surface area (Å²) in [5.41, 5.74) is 0. The molecule has 17 heavy (non-hydrogen) atoms. The van der Waals surface area contributed by atoms with Crippen molar-refractivity contribution in [3.8, 4) is 0 Å². The number of hydrogen-bond donors (Lipinski definition) is 1. The van der Waals surface area contributed by atoms with E-state index in [1.165, 1.54) is 0 Å². The lowest BCUT2D eigenvalue weighted by atomic mass is 10.3. The van der Waals surface area contributed by atoms with E-state index in [0.29, 0.717) is 0 Å². The van der Waals surface area contributed by atoms with Gasteiger partial charge in [-0.05, 0) is 0 Å². The van der Waals surface area contributed by atoms with Crippen LogP contribution < -0.4 is 0 Å². The predicted molar refractivity (Wildman–Crippen MR) is 46.4 cm³/mol. The van der Waals surface area contributed by atoms with Gasteiger partial charge in [-0.25, -0.2) is 9.59 Å². The Balaban J connectivity index is 2.44. The Morgan fingerprint density at radius 3 is 2.65 bits per heavy atom. The van der Waals surface area contributed by atoms with Crippen LogP contribution >= 0.6 is 0 Å². The van der Waals surface area contributed by atoms with Crippen molar-refractivity contribution in [2.45, 2.75) is 12.3 Å². The lowest BCUT2D eigenvalue weighted by molar-refractivity contribution is -0.166. The maximum atomic E-state index is 11.8. The van der Waals surface area contributed by atoms with Crippen molar-refractivity contribution in [3.05, 3.63) is 0 Å². The normalized spacial score (nSPS) is 21.1. The van der Waals surface area contributed by atoms with Gasteiger partial charge in [0.15, 0.2) is 12.7 Å². The van der Waals surface area contributed by atoms with Crippen LogP contribution in [0.25, 0.3) is 0 Å². The lowest BCUT2D eigenvalue weighted by Crippen LogP contribution is -2.49. The van der Waals surface area contributed by atoms with Crippen LogP contribution in [0.5, 0.6) is 0 Å². The van der Waals surface area contributed by atoms with Crippen molar-refractivity contribution in [1.29, 1.82) is 0 Å². The Bertz CT molecular complexity index is 306. The van der Waals surface area contributed by atoms with Gasteiger partial charge in [0.1, 0.15) is 0 Å². The van der Waals surface area contributed by atoms with Crippen LogP contribution in [0.4, 0.5) is 18.0 Å². The number of aliphatic carboxylic acids is 1. The lowest BCUT2D eigenvalue weighted by Gasteiger charge is -2.30. The van der Waals surface area contributed by atoms with Crippen LogP contribution in [0, 0.1) is 0 Å². The maximum Gasteiger partial charge on any atom is 0.422 e. The average Bonchev–Trinajstić information content (AvgIpc) is 2.25. The second kappa shape index (κ2) is 5.21. The Morgan fingerprint density at radius 2 is 2.12 bits per heavy atom. The van der Waals surface area contributed by atoms with Crippen LogP contribution in [-0.4, -0.2) is 60.7 Å². The first kappa shape index (κ1) is 13.6. The number of alkyl halides is 3. The summed E-state index contributed by atoms with van der Waals surface area (Å²) < 4.78 is 44.1. The highest BCUT2D eigenvalue weighted by atomic mass is 19.4. The third-order valence-corrected chi connectivity index (χ3v) is 1.96. The highest BCUT2D eigenvalue weighted by molar-refractivity contribution is 5.74. The summed E-state index contributed by atoms with van der Waals surface area (Å²) >= 11 is 0. The number of rotatable bonds is 2. The van der Waals surface area contributed by atoms with E-state index >= 15 is 0 Å². The molecule has 0 saturated carbocycles. The van der Waals surface area contributed by atoms with E-state index in [1.807, 2.05) is 0 Å². The molecule has 1 unspecified atom stereocenters. The third kappa shape index (κ3) is 4.47. The predicted octanol–water partition coefficient (Wildman–Crippen LogP) is 0.471. The van der Waals surface area contributed by atoms with Gasteiger partial charge >= 0.3 is 18.2 Å². The molecular formula is C8H10F3NO5. The van der Waals surface area contributed by atoms with Crippen molar-refractivity contribution in [3.63, 3.8) is 0 Å². The maximum absolute atomic E-state index is 11.8. The summed E-state index contributed by atoms with van der Waals surface area (Å²) in [7, 11) is 0. The topological polar surface area (TPSA) is 76.1 Å². The van der Waals surface area contributed by atoms with Crippen LogP contribution in [0.2, 0.25) is 0 Å². The SMILES string of the molecule is O=C(O)C1CN(C(=O)OCC(F)(F)F)CCO1. The molecule has 1 atom stereocenters. The standard InChI is InChI=1S/C8H10F3NO5/c9-8(10,11)4-17-7(15)12-1-2-16-5(3-12)6(13)14/h5H,1-4H2,(H,13,14). The summed E-state index contributed by atoms with van der Waals surface area (Å²) in [6.45, 7) is -2.08. The van der Waals surface area contributed by atoms with Crippen molar-refractivity contribution in [2.75, 3.05) is 26.3 Å². The third-order valence-electron chi connectivity index (χ3n) is 1.96. The number of hydrogen-bond acceptors (Lipinski definition) is 4. The molecule has 0 bridgehead atoms. The van der Waals surface area contributed by atoms with Gasteiger partial charge in [-0.1, -0.05) is 0 Å². The first-order chi connectivity index (χ1) is 7.79. The summed E-state index contributed by atoms with van der Waals surface area (Å²) in [6, 6.07) is 0. The van der Waals surface area contributed by atoms with Gasteiger partial charge in [0.25, 0.3) is 0 Å². The molecule has 0 aromatic heterocycles. The van der Waals surface area contributed by atoms with Gasteiger partial charge in [0.05, 0.1) is 13.2 Å². The molecule has 6 nitrogen and oxygen atoms in total. The van der Waals surface area contributed by atoms with Crippen LogP contribution in [0.1, 0.15) is 0 Å². The Morgan fingerprint density at radius 1 is 1.47 bits per heavy atom. The van der Waals surface area contributed by atoms with Gasteiger partial charge in [-0.3, -0.25) is 0 Å². The van der Waals surface area contributed by atoms with E-state index in [1.54, 1.807) is 0 Å². The summed E-state index contributed by atoms with van der Waals surface area (Å²) in [4.78, 5) is 22.6. The van der Waals surface area contributed by atoms with Crippen molar-refractivity contribution in [2.24, 2.45) is 0 Å². The zero-order chi connectivity index (χ0) is 13.1. The molecule has 1 rings (SSSR count). The summed E-state index contributed by atoms with van der Waals surface area (Å²) in [6.07, 6.45) is -7.03. The molecule has 1 heterocycles. The smallest absolute Gasteiger partial charge is 0.422 e. The van der Waals surface area contributed by atoms with Crippen molar-refractivity contribution >= 4 is 12.1 Å². The molecule has 0 aromatic carbocycles. The fraction of sp³-hybridized carbons (Fsp3) is 0.750. The van der Waals surface area contributed by atoms with Gasteiger partial charge < -0.3 is 19.5 Å². The Kier molecular flexibility index (Phi) is 4.16. The van der Waals surface area contributed by atoms with E-state index in [4.69, 9.17) is 9.84 Å². The largest absolute Gasteiger partial charge is 0.479 e. The van der Waals surface area contributed by atoms with Gasteiger partial charge in [-0.2, -0.15) is 13.2 Å². The molecule has 1 N–H and O–H groups in total. The molecule has 1 saturated heterocycles. The monoisotopic (exact) mass is 257 g/mol. The van der Waals surface area contributed by atoms with E-state index in [2.05, 4.69) is 4.74 Å². The number of carboxylic acids is 1. The molecule has 0 radical (unpaired) electrons. The zero-order valence-electron chi connectivity index (χ0n) is 8.57.